The molecule has 0 radical (unpaired) electrons. The van der Waals surface area contributed by atoms with Crippen LogP contribution in [0.4, 0.5) is 5.82 Å². The van der Waals surface area contributed by atoms with Crippen LogP contribution in [0.25, 0.3) is 0 Å². The van der Waals surface area contributed by atoms with Gasteiger partial charge in [0.05, 0.1) is 6.61 Å². The zero-order chi connectivity index (χ0) is 24.2. The van der Waals surface area contributed by atoms with E-state index in [1.165, 1.54) is 5.56 Å². The van der Waals surface area contributed by atoms with Gasteiger partial charge in [-0.05, 0) is 56.7 Å². The molecule has 8 nitrogen and oxygen atoms in total. The predicted octanol–water partition coefficient (Wildman–Crippen LogP) is 3.35. The fraction of sp³-hybridized carbons (Fsp3) is 0.708. The number of amides is 1. The van der Waals surface area contributed by atoms with Crippen molar-refractivity contribution in [2.75, 3.05) is 45.2 Å². The van der Waals surface area contributed by atoms with Crippen LogP contribution in [-0.4, -0.2) is 73.3 Å². The van der Waals surface area contributed by atoms with Crippen LogP contribution in [0, 0.1) is 0 Å². The summed E-state index contributed by atoms with van der Waals surface area (Å²) in [4.78, 5) is 28.6. The first-order valence-electron chi connectivity index (χ1n) is 12.0. The lowest BCUT2D eigenvalue weighted by molar-refractivity contribution is -0.140. The molecule has 1 aliphatic heterocycles. The summed E-state index contributed by atoms with van der Waals surface area (Å²) in [6.45, 7) is 11.8. The third-order valence-electron chi connectivity index (χ3n) is 5.02. The second-order valence-electron chi connectivity index (χ2n) is 7.10. The maximum atomic E-state index is 11.2. The highest BCUT2D eigenvalue weighted by Gasteiger charge is 2.17. The van der Waals surface area contributed by atoms with E-state index in [0.29, 0.717) is 26.0 Å². The van der Waals surface area contributed by atoms with E-state index in [-0.39, 0.29) is 0 Å². The van der Waals surface area contributed by atoms with Gasteiger partial charge in [-0.3, -0.25) is 4.79 Å². The fourth-order valence-corrected chi connectivity index (χ4v) is 3.38. The van der Waals surface area contributed by atoms with Crippen LogP contribution in [0.5, 0.6) is 0 Å². The number of unbranched alkanes of at least 4 members (excludes halogenated alkanes) is 1. The molecule has 0 spiro atoms. The average Bonchev–Trinajstić information content (AvgIpc) is 2.84. The van der Waals surface area contributed by atoms with E-state index in [4.69, 9.17) is 14.8 Å². The molecule has 2 heterocycles. The molecule has 8 heteroatoms. The Morgan fingerprint density at radius 1 is 1.25 bits per heavy atom. The van der Waals surface area contributed by atoms with Crippen molar-refractivity contribution < 1.29 is 19.4 Å². The summed E-state index contributed by atoms with van der Waals surface area (Å²) in [6, 6.07) is 3.45. The number of fused-ring (bicyclic) bond motifs is 1. The van der Waals surface area contributed by atoms with Crippen molar-refractivity contribution in [3.8, 4) is 0 Å². The Bertz CT molecular complexity index is 628. The number of aliphatic carboxylic acids is 1. The molecule has 1 aromatic rings. The van der Waals surface area contributed by atoms with Gasteiger partial charge in [0.15, 0.2) is 0 Å². The number of aromatic nitrogens is 1. The molecule has 0 saturated heterocycles. The number of hydrogen-bond donors (Lipinski definition) is 3. The first kappa shape index (κ1) is 29.8. The highest BCUT2D eigenvalue weighted by atomic mass is 16.5. The van der Waals surface area contributed by atoms with Crippen LogP contribution in [-0.2, 0) is 27.2 Å². The molecular weight excluding hydrogens is 408 g/mol. The van der Waals surface area contributed by atoms with Crippen LogP contribution in [0.3, 0.4) is 0 Å². The number of aryl methyl sites for hydroxylation is 2. The van der Waals surface area contributed by atoms with Gasteiger partial charge in [0, 0.05) is 32.4 Å². The molecule has 1 unspecified atom stereocenters. The Balaban J connectivity index is 0.00000227. The number of carboxylic acids is 1. The zero-order valence-electron chi connectivity index (χ0n) is 20.7. The van der Waals surface area contributed by atoms with E-state index >= 15 is 0 Å². The van der Waals surface area contributed by atoms with E-state index in [1.807, 2.05) is 27.7 Å². The molecular formula is C24H44N4O4. The topological polar surface area (TPSA) is 104 Å². The van der Waals surface area contributed by atoms with Crippen LogP contribution in [0.1, 0.15) is 64.6 Å². The number of pyridine rings is 1. The summed E-state index contributed by atoms with van der Waals surface area (Å²) < 4.78 is 5.16. The Kier molecular flexibility index (Phi) is 18.2. The Labute approximate surface area is 194 Å². The van der Waals surface area contributed by atoms with Crippen LogP contribution >= 0.6 is 0 Å². The highest BCUT2D eigenvalue weighted by molar-refractivity contribution is 5.76. The van der Waals surface area contributed by atoms with Crippen LogP contribution < -0.4 is 10.6 Å². The van der Waals surface area contributed by atoms with Gasteiger partial charge in [0.25, 0.3) is 0 Å². The lowest BCUT2D eigenvalue weighted by Gasteiger charge is -2.23. The molecule has 32 heavy (non-hydrogen) atoms. The largest absolute Gasteiger partial charge is 0.480 e. The van der Waals surface area contributed by atoms with Crippen molar-refractivity contribution in [2.45, 2.75) is 72.3 Å². The van der Waals surface area contributed by atoms with Crippen molar-refractivity contribution in [1.82, 2.24) is 15.2 Å². The normalized spacial score (nSPS) is 12.8. The molecule has 1 aliphatic rings. The van der Waals surface area contributed by atoms with Gasteiger partial charge in [-0.1, -0.05) is 33.8 Å². The zero-order valence-corrected chi connectivity index (χ0v) is 20.7. The van der Waals surface area contributed by atoms with E-state index < -0.39 is 12.0 Å². The quantitative estimate of drug-likeness (QED) is 0.294. The Morgan fingerprint density at radius 3 is 2.66 bits per heavy atom. The van der Waals surface area contributed by atoms with Gasteiger partial charge in [-0.25, -0.2) is 9.78 Å². The van der Waals surface area contributed by atoms with Gasteiger partial charge >= 0.3 is 5.97 Å². The van der Waals surface area contributed by atoms with Crippen molar-refractivity contribution in [1.29, 1.82) is 0 Å². The first-order chi connectivity index (χ1) is 15.6. The number of methoxy groups -OCH3 is 1. The maximum Gasteiger partial charge on any atom is 0.326 e. The van der Waals surface area contributed by atoms with Gasteiger partial charge in [0.2, 0.25) is 6.41 Å². The van der Waals surface area contributed by atoms with E-state index in [0.717, 1.165) is 63.3 Å². The lowest BCUT2D eigenvalue weighted by Crippen LogP contribution is -2.40. The summed E-state index contributed by atoms with van der Waals surface area (Å²) in [7, 11) is 1.65. The predicted molar refractivity (Wildman–Crippen MR) is 130 cm³/mol. The minimum atomic E-state index is -1.01. The van der Waals surface area contributed by atoms with Crippen molar-refractivity contribution in [2.24, 2.45) is 0 Å². The number of nitrogens with zero attached hydrogens (tertiary/aromatic N) is 2. The second-order valence-corrected chi connectivity index (χ2v) is 7.10. The molecule has 0 bridgehead atoms. The number of carbonyl (C=O) groups excluding carboxylic acids is 1. The number of anilines is 1. The molecule has 0 saturated carbocycles. The first-order valence-corrected chi connectivity index (χ1v) is 12.0. The van der Waals surface area contributed by atoms with Gasteiger partial charge in [-0.2, -0.15) is 0 Å². The average molecular weight is 453 g/mol. The van der Waals surface area contributed by atoms with E-state index in [9.17, 15) is 9.59 Å². The van der Waals surface area contributed by atoms with Crippen LogP contribution in [0.15, 0.2) is 12.1 Å². The van der Waals surface area contributed by atoms with Crippen molar-refractivity contribution in [3.63, 3.8) is 0 Å². The smallest absolute Gasteiger partial charge is 0.326 e. The number of hydrogen-bond acceptors (Lipinski definition) is 6. The Hall–Kier alpha value is -2.19. The van der Waals surface area contributed by atoms with Crippen molar-refractivity contribution in [3.05, 3.63) is 23.4 Å². The fourth-order valence-electron chi connectivity index (χ4n) is 3.38. The van der Waals surface area contributed by atoms with Crippen molar-refractivity contribution >= 4 is 18.2 Å². The second kappa shape index (κ2) is 19.5. The number of rotatable bonds is 14. The van der Waals surface area contributed by atoms with Gasteiger partial charge < -0.3 is 25.4 Å². The molecule has 1 aromatic heterocycles. The molecule has 1 atom stereocenters. The summed E-state index contributed by atoms with van der Waals surface area (Å²) in [5.74, 6) is 0.0266. The molecule has 1 amide bonds. The van der Waals surface area contributed by atoms with E-state index in [2.05, 4.69) is 27.7 Å². The molecule has 0 fully saturated rings. The standard InChI is InChI=1S/C20H32N4O4.2C2H6/c1-28-14-13-24(12-9-18(20(26)27)22-15-25)11-3-2-6-17-8-7-16-5-4-10-21-19(16)23-17;2*1-2/h7-8,15,18H,2-6,9-14H2,1H3,(H,21,23)(H,22,25)(H,26,27);2*1-2H3. The summed E-state index contributed by atoms with van der Waals surface area (Å²) in [5, 5.41) is 14.9. The Morgan fingerprint density at radius 2 is 2.00 bits per heavy atom. The summed E-state index contributed by atoms with van der Waals surface area (Å²) in [6.07, 6.45) is 6.02. The number of carboxylic acid groups (broad SMARTS) is 1. The monoisotopic (exact) mass is 452 g/mol. The minimum absolute atomic E-state index is 0.371. The molecule has 0 aliphatic carbocycles. The summed E-state index contributed by atoms with van der Waals surface area (Å²) >= 11 is 0. The number of carbonyl (C=O) groups is 2. The highest BCUT2D eigenvalue weighted by Crippen LogP contribution is 2.20. The van der Waals surface area contributed by atoms with Crippen LogP contribution in [0.2, 0.25) is 0 Å². The van der Waals surface area contributed by atoms with E-state index in [1.54, 1.807) is 7.11 Å². The summed E-state index contributed by atoms with van der Waals surface area (Å²) in [5.41, 5.74) is 2.41. The third-order valence-corrected chi connectivity index (χ3v) is 5.02. The number of nitrogens with one attached hydrogen (secondary N) is 2. The molecule has 3 N–H and O–H groups in total. The van der Waals surface area contributed by atoms with Gasteiger partial charge in [0.1, 0.15) is 11.9 Å². The lowest BCUT2D eigenvalue weighted by atomic mass is 10.1. The maximum absolute atomic E-state index is 11.2. The van der Waals surface area contributed by atoms with Gasteiger partial charge in [-0.15, -0.1) is 0 Å². The minimum Gasteiger partial charge on any atom is -0.480 e. The molecule has 184 valence electrons. The third kappa shape index (κ3) is 12.0. The number of ether oxygens (including phenoxy) is 1. The molecule has 0 aromatic carbocycles. The molecule has 2 rings (SSSR count). The SMILES string of the molecule is CC.CC.COCCN(CCCCc1ccc2c(n1)NCCC2)CCC(NC=O)C(=O)O.